The molecular weight excluding hydrogens is 244 g/mol. The highest BCUT2D eigenvalue weighted by Gasteiger charge is 2.17. The van der Waals surface area contributed by atoms with Gasteiger partial charge >= 0.3 is 0 Å². The number of ether oxygens (including phenoxy) is 1. The van der Waals surface area contributed by atoms with Crippen molar-refractivity contribution in [3.63, 3.8) is 0 Å². The van der Waals surface area contributed by atoms with Crippen LogP contribution >= 0.6 is 11.8 Å². The summed E-state index contributed by atoms with van der Waals surface area (Å²) in [6, 6.07) is 8.49. The van der Waals surface area contributed by atoms with E-state index >= 15 is 0 Å². The molecule has 1 aliphatic rings. The number of hydrogen-bond donors (Lipinski definition) is 2. The van der Waals surface area contributed by atoms with E-state index in [9.17, 15) is 0 Å². The summed E-state index contributed by atoms with van der Waals surface area (Å²) in [5.41, 5.74) is 4.15. The predicted octanol–water partition coefficient (Wildman–Crippen LogP) is 2.61. The highest BCUT2D eigenvalue weighted by atomic mass is 32.2. The first-order valence-electron chi connectivity index (χ1n) is 6.28. The summed E-state index contributed by atoms with van der Waals surface area (Å²) in [7, 11) is 0. The van der Waals surface area contributed by atoms with Crippen LogP contribution in [0.25, 0.3) is 0 Å². The summed E-state index contributed by atoms with van der Waals surface area (Å²) in [5.74, 6) is 7.49. The molecule has 0 aliphatic carbocycles. The Kier molecular flexibility index (Phi) is 5.11. The first kappa shape index (κ1) is 13.5. The molecule has 1 atom stereocenters. The fourth-order valence-corrected chi connectivity index (χ4v) is 3.00. The van der Waals surface area contributed by atoms with E-state index in [1.165, 1.54) is 10.5 Å². The molecule has 1 aromatic rings. The first-order valence-corrected chi connectivity index (χ1v) is 7.27. The molecule has 3 nitrogen and oxygen atoms in total. The van der Waals surface area contributed by atoms with Crippen molar-refractivity contribution in [2.75, 3.05) is 12.4 Å². The van der Waals surface area contributed by atoms with Gasteiger partial charge in [-0.1, -0.05) is 18.2 Å². The second-order valence-electron chi connectivity index (χ2n) is 4.39. The summed E-state index contributed by atoms with van der Waals surface area (Å²) in [6.07, 6.45) is 4.33. The molecule has 1 heterocycles. The molecule has 1 unspecified atom stereocenters. The van der Waals surface area contributed by atoms with Crippen molar-refractivity contribution < 1.29 is 4.74 Å². The Labute approximate surface area is 113 Å². The molecule has 18 heavy (non-hydrogen) atoms. The van der Waals surface area contributed by atoms with E-state index in [0.29, 0.717) is 0 Å². The van der Waals surface area contributed by atoms with E-state index in [1.54, 1.807) is 0 Å². The van der Waals surface area contributed by atoms with Crippen molar-refractivity contribution in [1.82, 2.24) is 5.43 Å². The number of benzene rings is 1. The fourth-order valence-electron chi connectivity index (χ4n) is 1.92. The smallest absolute Gasteiger partial charge is 0.111 e. The zero-order valence-electron chi connectivity index (χ0n) is 10.7. The molecule has 0 saturated carbocycles. The lowest BCUT2D eigenvalue weighted by Gasteiger charge is -2.23. The van der Waals surface area contributed by atoms with Gasteiger partial charge in [-0.15, -0.1) is 11.8 Å². The van der Waals surface area contributed by atoms with Gasteiger partial charge in [0.1, 0.15) is 5.76 Å². The number of allylic oxidation sites excluding steroid dienone is 1. The van der Waals surface area contributed by atoms with Crippen molar-refractivity contribution in [1.29, 1.82) is 0 Å². The van der Waals surface area contributed by atoms with Gasteiger partial charge in [-0.05, 0) is 37.5 Å². The first-order chi connectivity index (χ1) is 8.81. The van der Waals surface area contributed by atoms with Crippen molar-refractivity contribution in [2.24, 2.45) is 5.84 Å². The third kappa shape index (κ3) is 3.51. The summed E-state index contributed by atoms with van der Waals surface area (Å²) in [6.45, 7) is 2.93. The number of rotatable bonds is 5. The lowest BCUT2D eigenvalue weighted by atomic mass is 10.2. The van der Waals surface area contributed by atoms with Gasteiger partial charge in [-0.3, -0.25) is 5.84 Å². The minimum absolute atomic E-state index is 0.0925. The molecule has 0 saturated heterocycles. The van der Waals surface area contributed by atoms with Crippen molar-refractivity contribution in [3.8, 4) is 0 Å². The van der Waals surface area contributed by atoms with E-state index in [0.717, 1.165) is 31.0 Å². The molecule has 0 amide bonds. The van der Waals surface area contributed by atoms with Crippen LogP contribution < -0.4 is 11.3 Å². The van der Waals surface area contributed by atoms with Gasteiger partial charge in [0, 0.05) is 10.6 Å². The highest BCUT2D eigenvalue weighted by molar-refractivity contribution is 7.99. The summed E-state index contributed by atoms with van der Waals surface area (Å²) in [5, 5.41) is 0. The van der Waals surface area contributed by atoms with E-state index in [-0.39, 0.29) is 6.04 Å². The van der Waals surface area contributed by atoms with Crippen LogP contribution in [0.1, 0.15) is 18.4 Å². The maximum Gasteiger partial charge on any atom is 0.111 e. The van der Waals surface area contributed by atoms with Crippen LogP contribution in [0, 0.1) is 6.92 Å². The lowest BCUT2D eigenvalue weighted by molar-refractivity contribution is 0.172. The normalized spacial score (nSPS) is 16.9. The van der Waals surface area contributed by atoms with Crippen molar-refractivity contribution >= 4 is 11.8 Å². The number of nitrogens with two attached hydrogens (primary N) is 1. The molecule has 4 heteroatoms. The third-order valence-electron chi connectivity index (χ3n) is 3.01. The molecule has 2 rings (SSSR count). The Morgan fingerprint density at radius 2 is 2.28 bits per heavy atom. The molecule has 98 valence electrons. The number of thioether (sulfide) groups is 1. The molecule has 1 aromatic carbocycles. The highest BCUT2D eigenvalue weighted by Crippen LogP contribution is 2.25. The van der Waals surface area contributed by atoms with Gasteiger partial charge in [0.15, 0.2) is 0 Å². The van der Waals surface area contributed by atoms with Crippen LogP contribution in [0.15, 0.2) is 41.0 Å². The van der Waals surface area contributed by atoms with Gasteiger partial charge in [0.2, 0.25) is 0 Å². The zero-order chi connectivity index (χ0) is 12.8. The van der Waals surface area contributed by atoms with Crippen LogP contribution in [0.5, 0.6) is 0 Å². The Bertz CT molecular complexity index is 420. The van der Waals surface area contributed by atoms with Gasteiger partial charge in [-0.25, -0.2) is 5.43 Å². The van der Waals surface area contributed by atoms with Crippen LogP contribution in [-0.2, 0) is 4.74 Å². The topological polar surface area (TPSA) is 47.3 Å². The number of hydrazine groups is 1. The Morgan fingerprint density at radius 1 is 1.44 bits per heavy atom. The summed E-state index contributed by atoms with van der Waals surface area (Å²) >= 11 is 1.81. The maximum atomic E-state index is 5.65. The second-order valence-corrected chi connectivity index (χ2v) is 5.45. The molecular formula is C14H20N2OS. The molecule has 0 fully saturated rings. The quantitative estimate of drug-likeness (QED) is 0.487. The van der Waals surface area contributed by atoms with E-state index in [4.69, 9.17) is 10.6 Å². The molecule has 0 spiro atoms. The average Bonchev–Trinajstić information content (AvgIpc) is 2.42. The standard InChI is InChI=1S/C14H20N2OS/c1-11-6-2-3-8-14(11)18-10-12(16-15)13-7-4-5-9-17-13/h2-3,6-8,12,16H,4-5,9-10,15H2,1H3. The number of hydrogen-bond acceptors (Lipinski definition) is 4. The Morgan fingerprint density at radius 3 is 2.94 bits per heavy atom. The molecule has 3 N–H and O–H groups in total. The lowest BCUT2D eigenvalue weighted by Crippen LogP contribution is -2.39. The van der Waals surface area contributed by atoms with Crippen LogP contribution in [0.2, 0.25) is 0 Å². The van der Waals surface area contributed by atoms with E-state index in [2.05, 4.69) is 42.7 Å². The second kappa shape index (κ2) is 6.83. The largest absolute Gasteiger partial charge is 0.497 e. The van der Waals surface area contributed by atoms with Crippen molar-refractivity contribution in [2.45, 2.75) is 30.7 Å². The monoisotopic (exact) mass is 264 g/mol. The van der Waals surface area contributed by atoms with Crippen LogP contribution in [0.3, 0.4) is 0 Å². The molecule has 0 aromatic heterocycles. The summed E-state index contributed by atoms with van der Waals surface area (Å²) in [4.78, 5) is 1.30. The Balaban J connectivity index is 1.95. The predicted molar refractivity (Wildman–Crippen MR) is 76.3 cm³/mol. The summed E-state index contributed by atoms with van der Waals surface area (Å²) < 4.78 is 5.65. The molecule has 1 aliphatic heterocycles. The van der Waals surface area contributed by atoms with Crippen LogP contribution in [0.4, 0.5) is 0 Å². The Hall–Kier alpha value is -0.970. The van der Waals surface area contributed by atoms with E-state index < -0.39 is 0 Å². The third-order valence-corrected chi connectivity index (χ3v) is 4.28. The SMILES string of the molecule is Cc1ccccc1SCC(NN)C1=CCCCO1. The fraction of sp³-hybridized carbons (Fsp3) is 0.429. The molecule has 0 bridgehead atoms. The molecule has 0 radical (unpaired) electrons. The van der Waals surface area contributed by atoms with Gasteiger partial charge in [-0.2, -0.15) is 0 Å². The number of aryl methyl sites for hydroxylation is 1. The van der Waals surface area contributed by atoms with Crippen molar-refractivity contribution in [3.05, 3.63) is 41.7 Å². The average molecular weight is 264 g/mol. The van der Waals surface area contributed by atoms with Crippen LogP contribution in [-0.4, -0.2) is 18.4 Å². The van der Waals surface area contributed by atoms with Gasteiger partial charge in [0.25, 0.3) is 0 Å². The maximum absolute atomic E-state index is 5.65. The van der Waals surface area contributed by atoms with Gasteiger partial charge < -0.3 is 4.74 Å². The zero-order valence-corrected chi connectivity index (χ0v) is 11.5. The van der Waals surface area contributed by atoms with Gasteiger partial charge in [0.05, 0.1) is 12.6 Å². The minimum Gasteiger partial charge on any atom is -0.497 e. The van der Waals surface area contributed by atoms with E-state index in [1.807, 2.05) is 11.8 Å². The number of nitrogens with one attached hydrogen (secondary N) is 1. The minimum atomic E-state index is 0.0925.